The van der Waals surface area contributed by atoms with E-state index in [9.17, 15) is 31.5 Å². The summed E-state index contributed by atoms with van der Waals surface area (Å²) in [4.78, 5) is 25.9. The van der Waals surface area contributed by atoms with Crippen molar-refractivity contribution in [3.8, 4) is 0 Å². The van der Waals surface area contributed by atoms with Crippen LogP contribution in [-0.2, 0) is 17.6 Å². The van der Waals surface area contributed by atoms with E-state index in [4.69, 9.17) is 4.74 Å². The third-order valence-corrected chi connectivity index (χ3v) is 5.89. The van der Waals surface area contributed by atoms with E-state index >= 15 is 0 Å². The SMILES string of the molecule is CC(C)OC(=O)c1c(NC(=O)c2c(F)c(F)c(F)c(F)c2F)sc2c1CC[C@H](C)C2. The molecule has 1 aromatic heterocycles. The fraction of sp³-hybridized carbons (Fsp3) is 0.400. The Morgan fingerprint density at radius 1 is 1.00 bits per heavy atom. The number of halogens is 5. The molecule has 162 valence electrons. The van der Waals surface area contributed by atoms with Crippen molar-refractivity contribution in [2.75, 3.05) is 5.32 Å². The maximum atomic E-state index is 14.0. The smallest absolute Gasteiger partial charge is 0.341 e. The number of nitrogens with one attached hydrogen (secondary N) is 1. The van der Waals surface area contributed by atoms with E-state index in [1.165, 1.54) is 0 Å². The zero-order chi connectivity index (χ0) is 22.3. The predicted molar refractivity (Wildman–Crippen MR) is 100 cm³/mol. The molecular weight excluding hydrogens is 429 g/mol. The fourth-order valence-corrected chi connectivity index (χ4v) is 4.69. The van der Waals surface area contributed by atoms with Gasteiger partial charge in [-0.3, -0.25) is 4.79 Å². The minimum atomic E-state index is -2.36. The molecule has 0 unspecified atom stereocenters. The van der Waals surface area contributed by atoms with Crippen LogP contribution in [0, 0.1) is 35.0 Å². The molecule has 0 radical (unpaired) electrons. The van der Waals surface area contributed by atoms with E-state index in [0.717, 1.165) is 22.6 Å². The summed E-state index contributed by atoms with van der Waals surface area (Å²) in [6.45, 7) is 5.28. The number of carbonyl (C=O) groups excluding carboxylic acids is 2. The number of hydrogen-bond acceptors (Lipinski definition) is 4. The van der Waals surface area contributed by atoms with E-state index in [2.05, 4.69) is 5.32 Å². The highest BCUT2D eigenvalue weighted by Gasteiger charge is 2.33. The first-order chi connectivity index (χ1) is 14.0. The average molecular weight is 447 g/mol. The molecule has 1 amide bonds. The van der Waals surface area contributed by atoms with E-state index in [1.54, 1.807) is 13.8 Å². The van der Waals surface area contributed by atoms with Crippen LogP contribution < -0.4 is 5.32 Å². The van der Waals surface area contributed by atoms with Gasteiger partial charge < -0.3 is 10.1 Å². The Hall–Kier alpha value is -2.49. The molecule has 10 heteroatoms. The number of benzene rings is 1. The summed E-state index contributed by atoms with van der Waals surface area (Å²) >= 11 is 1.03. The largest absolute Gasteiger partial charge is 0.459 e. The molecule has 3 rings (SSSR count). The molecule has 0 spiro atoms. The monoisotopic (exact) mass is 447 g/mol. The first kappa shape index (κ1) is 22.2. The van der Waals surface area contributed by atoms with Crippen LogP contribution in [0.2, 0.25) is 0 Å². The molecule has 0 saturated carbocycles. The highest BCUT2D eigenvalue weighted by molar-refractivity contribution is 7.17. The van der Waals surface area contributed by atoms with Crippen LogP contribution >= 0.6 is 11.3 Å². The number of carbonyl (C=O) groups is 2. The molecule has 1 aromatic carbocycles. The summed E-state index contributed by atoms with van der Waals surface area (Å²) in [6.07, 6.45) is 1.49. The highest BCUT2D eigenvalue weighted by Crippen LogP contribution is 2.40. The van der Waals surface area contributed by atoms with Gasteiger partial charge in [-0.15, -0.1) is 11.3 Å². The fourth-order valence-electron chi connectivity index (χ4n) is 3.30. The van der Waals surface area contributed by atoms with Crippen molar-refractivity contribution in [1.82, 2.24) is 0 Å². The number of hydrogen-bond donors (Lipinski definition) is 1. The maximum absolute atomic E-state index is 14.0. The average Bonchev–Trinajstić information content (AvgIpc) is 3.01. The lowest BCUT2D eigenvalue weighted by atomic mass is 9.88. The standard InChI is InChI=1S/C20H18F5NO3S/c1-7(2)29-20(28)11-9-5-4-8(3)6-10(9)30-19(11)26-18(27)12-13(21)15(23)17(25)16(24)14(12)22/h7-8H,4-6H2,1-3H3,(H,26,27)/t8-/m0/s1. The molecular formula is C20H18F5NO3S. The van der Waals surface area contributed by atoms with Crippen LogP contribution in [0.25, 0.3) is 0 Å². The third-order valence-electron chi connectivity index (χ3n) is 4.72. The van der Waals surface area contributed by atoms with Crippen molar-refractivity contribution in [2.24, 2.45) is 5.92 Å². The molecule has 1 aliphatic carbocycles. The van der Waals surface area contributed by atoms with Gasteiger partial charge in [0, 0.05) is 4.88 Å². The number of ether oxygens (including phenoxy) is 1. The number of anilines is 1. The molecule has 1 aliphatic rings. The minimum absolute atomic E-state index is 0.0475. The van der Waals surface area contributed by atoms with E-state index in [-0.39, 0.29) is 10.6 Å². The topological polar surface area (TPSA) is 55.4 Å². The van der Waals surface area contributed by atoms with Crippen LogP contribution in [0.1, 0.15) is 58.3 Å². The van der Waals surface area contributed by atoms with Crippen LogP contribution in [-0.4, -0.2) is 18.0 Å². The Morgan fingerprint density at radius 2 is 1.57 bits per heavy atom. The van der Waals surface area contributed by atoms with Crippen molar-refractivity contribution in [1.29, 1.82) is 0 Å². The van der Waals surface area contributed by atoms with Crippen LogP contribution in [0.15, 0.2) is 0 Å². The zero-order valence-corrected chi connectivity index (χ0v) is 17.1. The van der Waals surface area contributed by atoms with Crippen LogP contribution in [0.3, 0.4) is 0 Å². The van der Waals surface area contributed by atoms with Crippen molar-refractivity contribution in [3.63, 3.8) is 0 Å². The van der Waals surface area contributed by atoms with Crippen molar-refractivity contribution < 1.29 is 36.3 Å². The molecule has 1 heterocycles. The molecule has 1 N–H and O–H groups in total. The first-order valence-corrected chi connectivity index (χ1v) is 10.0. The number of esters is 1. The van der Waals surface area contributed by atoms with Gasteiger partial charge in [0.2, 0.25) is 5.82 Å². The Labute approximate surface area is 173 Å². The highest BCUT2D eigenvalue weighted by atomic mass is 32.1. The van der Waals surface area contributed by atoms with Gasteiger partial charge in [0.1, 0.15) is 10.6 Å². The van der Waals surface area contributed by atoms with Gasteiger partial charge in [-0.05, 0) is 44.6 Å². The van der Waals surface area contributed by atoms with Gasteiger partial charge >= 0.3 is 5.97 Å². The Kier molecular flexibility index (Phi) is 6.16. The lowest BCUT2D eigenvalue weighted by Crippen LogP contribution is -2.21. The van der Waals surface area contributed by atoms with Crippen LogP contribution in [0.5, 0.6) is 0 Å². The van der Waals surface area contributed by atoms with Gasteiger partial charge in [-0.25, -0.2) is 26.7 Å². The molecule has 4 nitrogen and oxygen atoms in total. The van der Waals surface area contributed by atoms with Gasteiger partial charge in [0.15, 0.2) is 23.3 Å². The number of rotatable bonds is 4. The number of fused-ring (bicyclic) bond motifs is 1. The summed E-state index contributed by atoms with van der Waals surface area (Å²) in [6, 6.07) is 0. The first-order valence-electron chi connectivity index (χ1n) is 9.21. The van der Waals surface area contributed by atoms with Crippen molar-refractivity contribution in [3.05, 3.63) is 50.7 Å². The maximum Gasteiger partial charge on any atom is 0.341 e. The van der Waals surface area contributed by atoms with Crippen LogP contribution in [0.4, 0.5) is 27.0 Å². The van der Waals surface area contributed by atoms with Gasteiger partial charge in [-0.2, -0.15) is 0 Å². The molecule has 0 aliphatic heterocycles. The quantitative estimate of drug-likeness (QED) is 0.296. The van der Waals surface area contributed by atoms with Gasteiger partial charge in [-0.1, -0.05) is 6.92 Å². The van der Waals surface area contributed by atoms with Gasteiger partial charge in [0.25, 0.3) is 5.91 Å². The zero-order valence-electron chi connectivity index (χ0n) is 16.3. The lowest BCUT2D eigenvalue weighted by molar-refractivity contribution is 0.0378. The molecule has 0 fully saturated rings. The molecule has 2 aromatic rings. The minimum Gasteiger partial charge on any atom is -0.459 e. The van der Waals surface area contributed by atoms with E-state index in [1.807, 2.05) is 6.92 Å². The Bertz CT molecular complexity index is 1010. The summed E-state index contributed by atoms with van der Waals surface area (Å²) in [5.41, 5.74) is -0.904. The predicted octanol–water partition coefficient (Wildman–Crippen LogP) is 5.39. The molecule has 0 saturated heterocycles. The second-order valence-electron chi connectivity index (χ2n) is 7.41. The normalized spacial score (nSPS) is 15.8. The molecule has 30 heavy (non-hydrogen) atoms. The molecule has 0 bridgehead atoms. The van der Waals surface area contributed by atoms with Crippen molar-refractivity contribution >= 4 is 28.2 Å². The van der Waals surface area contributed by atoms with E-state index in [0.29, 0.717) is 24.3 Å². The van der Waals surface area contributed by atoms with Gasteiger partial charge in [0.05, 0.1) is 11.7 Å². The number of amides is 1. The summed E-state index contributed by atoms with van der Waals surface area (Å²) < 4.78 is 73.4. The second-order valence-corrected chi connectivity index (χ2v) is 8.51. The Balaban J connectivity index is 2.05. The van der Waals surface area contributed by atoms with E-state index < -0.39 is 52.6 Å². The summed E-state index contributed by atoms with van der Waals surface area (Å²) in [5.74, 6) is -13.3. The summed E-state index contributed by atoms with van der Waals surface area (Å²) in [5, 5.41) is 2.10. The number of thiophene rings is 1. The molecule has 1 atom stereocenters. The third kappa shape index (κ3) is 3.92. The Morgan fingerprint density at radius 3 is 2.13 bits per heavy atom. The van der Waals surface area contributed by atoms with Crippen molar-refractivity contribution in [2.45, 2.75) is 46.1 Å². The lowest BCUT2D eigenvalue weighted by Gasteiger charge is -2.19. The summed E-state index contributed by atoms with van der Waals surface area (Å²) in [7, 11) is 0. The second kappa shape index (κ2) is 8.33.